The predicted octanol–water partition coefficient (Wildman–Crippen LogP) is 3.50. The minimum atomic E-state index is -0.961. The summed E-state index contributed by atoms with van der Waals surface area (Å²) in [4.78, 5) is 39.7. The minimum Gasteiger partial charge on any atom is -0.504 e. The van der Waals surface area contributed by atoms with Gasteiger partial charge in [0, 0.05) is 22.9 Å². The molecule has 0 spiro atoms. The van der Waals surface area contributed by atoms with Crippen LogP contribution in [0.15, 0.2) is 40.7 Å². The molecule has 8 nitrogen and oxygen atoms in total. The summed E-state index contributed by atoms with van der Waals surface area (Å²) in [6.45, 7) is 3.63. The van der Waals surface area contributed by atoms with Crippen LogP contribution < -0.4 is 10.1 Å². The number of phenols is 1. The molecule has 182 valence electrons. The fourth-order valence-corrected chi connectivity index (χ4v) is 5.38. The number of benzene rings is 1. The number of phenolic OH excluding ortho intramolecular Hbond substituents is 1. The topological polar surface area (TPSA) is 111 Å². The first-order chi connectivity index (χ1) is 16.3. The first kappa shape index (κ1) is 23.9. The third-order valence-corrected chi connectivity index (χ3v) is 7.08. The maximum absolute atomic E-state index is 13.7. The van der Waals surface area contributed by atoms with Gasteiger partial charge in [0.2, 0.25) is 0 Å². The van der Waals surface area contributed by atoms with Crippen LogP contribution in [0.25, 0.3) is 0 Å². The summed E-state index contributed by atoms with van der Waals surface area (Å²) in [6, 6.07) is 4.75. The lowest BCUT2D eigenvalue weighted by molar-refractivity contribution is -0.151. The van der Waals surface area contributed by atoms with Crippen molar-refractivity contribution in [2.24, 2.45) is 11.8 Å². The molecule has 3 atom stereocenters. The van der Waals surface area contributed by atoms with Gasteiger partial charge in [-0.2, -0.15) is 0 Å². The molecule has 34 heavy (non-hydrogen) atoms. The number of dihydropyridines is 1. The Labute approximate surface area is 199 Å². The second-order valence-electron chi connectivity index (χ2n) is 9.28. The third kappa shape index (κ3) is 4.17. The lowest BCUT2D eigenvalue weighted by atomic mass is 9.69. The van der Waals surface area contributed by atoms with Crippen molar-refractivity contribution in [3.05, 3.63) is 46.3 Å². The van der Waals surface area contributed by atoms with Crippen molar-refractivity contribution in [3.63, 3.8) is 0 Å². The first-order valence-corrected chi connectivity index (χ1v) is 11.7. The number of aromatic hydroxyl groups is 1. The van der Waals surface area contributed by atoms with Gasteiger partial charge in [0.05, 0.1) is 19.8 Å². The summed E-state index contributed by atoms with van der Waals surface area (Å²) in [6.07, 6.45) is 3.96. The van der Waals surface area contributed by atoms with E-state index < -0.39 is 23.8 Å². The Hall–Kier alpha value is -3.29. The smallest absolute Gasteiger partial charge is 0.337 e. The number of ether oxygens (including phenoxy) is 3. The van der Waals surface area contributed by atoms with Gasteiger partial charge in [-0.05, 0) is 62.6 Å². The fraction of sp³-hybridized carbons (Fsp3) is 0.500. The average molecular weight is 470 g/mol. The Bertz CT molecular complexity index is 1080. The summed E-state index contributed by atoms with van der Waals surface area (Å²) < 4.78 is 16.1. The second kappa shape index (κ2) is 9.52. The lowest BCUT2D eigenvalue weighted by Crippen LogP contribution is -2.43. The molecule has 4 rings (SSSR count). The number of esters is 2. The van der Waals surface area contributed by atoms with Crippen LogP contribution in [0.3, 0.4) is 0 Å². The summed E-state index contributed by atoms with van der Waals surface area (Å²) >= 11 is 0. The van der Waals surface area contributed by atoms with Gasteiger partial charge < -0.3 is 24.6 Å². The SMILES string of the molecule is COC(=O)[C@@H]1C(=O)C2=C(C[C@H]1C)NC(C)=C(C(=O)OC1CCCC1)[C@H]2c1ccc(O)c(OC)c1. The highest BCUT2D eigenvalue weighted by atomic mass is 16.5. The molecule has 8 heteroatoms. The molecule has 1 saturated carbocycles. The molecule has 1 heterocycles. The number of ketones is 1. The van der Waals surface area contributed by atoms with Crippen molar-refractivity contribution in [1.29, 1.82) is 0 Å². The summed E-state index contributed by atoms with van der Waals surface area (Å²) in [5.74, 6) is -3.27. The van der Waals surface area contributed by atoms with Crippen LogP contribution in [0.4, 0.5) is 0 Å². The Kier molecular flexibility index (Phi) is 6.68. The Morgan fingerprint density at radius 2 is 1.85 bits per heavy atom. The fourth-order valence-electron chi connectivity index (χ4n) is 5.38. The van der Waals surface area contributed by atoms with Gasteiger partial charge in [-0.3, -0.25) is 9.59 Å². The zero-order valence-electron chi connectivity index (χ0n) is 20.0. The highest BCUT2D eigenvalue weighted by molar-refractivity contribution is 6.12. The van der Waals surface area contributed by atoms with Crippen molar-refractivity contribution < 1.29 is 33.7 Å². The number of carbonyl (C=O) groups is 3. The number of allylic oxidation sites excluding steroid dienone is 3. The largest absolute Gasteiger partial charge is 0.504 e. The van der Waals surface area contributed by atoms with Gasteiger partial charge >= 0.3 is 11.9 Å². The van der Waals surface area contributed by atoms with Crippen LogP contribution in [-0.2, 0) is 23.9 Å². The highest BCUT2D eigenvalue weighted by Crippen LogP contribution is 2.47. The van der Waals surface area contributed by atoms with Crippen molar-refractivity contribution in [2.75, 3.05) is 14.2 Å². The monoisotopic (exact) mass is 469 g/mol. The number of rotatable bonds is 5. The highest BCUT2D eigenvalue weighted by Gasteiger charge is 2.47. The number of carbonyl (C=O) groups excluding carboxylic acids is 3. The summed E-state index contributed by atoms with van der Waals surface area (Å²) in [5, 5.41) is 13.4. The molecule has 0 radical (unpaired) electrons. The van der Waals surface area contributed by atoms with E-state index in [0.717, 1.165) is 25.7 Å². The van der Waals surface area contributed by atoms with E-state index in [1.807, 2.05) is 6.92 Å². The van der Waals surface area contributed by atoms with E-state index in [4.69, 9.17) is 14.2 Å². The van der Waals surface area contributed by atoms with Gasteiger partial charge in [0.25, 0.3) is 0 Å². The van der Waals surface area contributed by atoms with E-state index in [-0.39, 0.29) is 29.3 Å². The van der Waals surface area contributed by atoms with E-state index in [1.165, 1.54) is 20.3 Å². The molecule has 3 aliphatic rings. The van der Waals surface area contributed by atoms with Gasteiger partial charge in [-0.15, -0.1) is 0 Å². The van der Waals surface area contributed by atoms with Crippen molar-refractivity contribution in [3.8, 4) is 11.5 Å². The van der Waals surface area contributed by atoms with Gasteiger partial charge in [-0.1, -0.05) is 13.0 Å². The third-order valence-electron chi connectivity index (χ3n) is 7.08. The van der Waals surface area contributed by atoms with Crippen LogP contribution in [0.1, 0.15) is 57.4 Å². The van der Waals surface area contributed by atoms with Crippen LogP contribution in [0, 0.1) is 11.8 Å². The van der Waals surface area contributed by atoms with Crippen molar-refractivity contribution in [1.82, 2.24) is 5.32 Å². The van der Waals surface area contributed by atoms with E-state index >= 15 is 0 Å². The standard InChI is InChI=1S/C26H31NO7/c1-13-11-17-23(24(29)20(13)25(30)33-4)22(15-9-10-18(28)19(12-15)32-3)21(14(2)27-17)26(31)34-16-7-5-6-8-16/h9-10,12-13,16,20,22,27-28H,5-8,11H2,1-4H3/t13-,20+,22-/m1/s1. The van der Waals surface area contributed by atoms with Crippen LogP contribution >= 0.6 is 0 Å². The molecule has 0 bridgehead atoms. The molecule has 1 aromatic carbocycles. The van der Waals surface area contributed by atoms with E-state index in [2.05, 4.69) is 5.32 Å². The molecule has 2 aliphatic carbocycles. The van der Waals surface area contributed by atoms with Crippen molar-refractivity contribution in [2.45, 2.75) is 58.0 Å². The average Bonchev–Trinajstić information content (AvgIpc) is 3.31. The number of nitrogens with one attached hydrogen (secondary N) is 1. The molecular weight excluding hydrogens is 438 g/mol. The quantitative estimate of drug-likeness (QED) is 0.498. The maximum Gasteiger partial charge on any atom is 0.337 e. The Morgan fingerprint density at radius 1 is 1.15 bits per heavy atom. The minimum absolute atomic E-state index is 0.0544. The van der Waals surface area contributed by atoms with Crippen LogP contribution in [0.5, 0.6) is 11.5 Å². The molecule has 1 aliphatic heterocycles. The van der Waals surface area contributed by atoms with E-state index in [0.29, 0.717) is 34.5 Å². The normalized spacial score (nSPS) is 25.1. The summed E-state index contributed by atoms with van der Waals surface area (Å²) in [5.41, 5.74) is 2.56. The van der Waals surface area contributed by atoms with E-state index in [9.17, 15) is 19.5 Å². The Balaban J connectivity index is 1.84. The second-order valence-corrected chi connectivity index (χ2v) is 9.28. The molecule has 0 unspecified atom stereocenters. The Morgan fingerprint density at radius 3 is 2.50 bits per heavy atom. The molecule has 1 fully saturated rings. The molecule has 0 amide bonds. The number of Topliss-reactive ketones (excluding diaryl/α,β-unsaturated/α-hetero) is 1. The molecule has 0 aromatic heterocycles. The molecule has 0 saturated heterocycles. The van der Waals surface area contributed by atoms with E-state index in [1.54, 1.807) is 19.1 Å². The lowest BCUT2D eigenvalue weighted by Gasteiger charge is -2.38. The molecule has 1 aromatic rings. The zero-order chi connectivity index (χ0) is 24.6. The van der Waals surface area contributed by atoms with Gasteiger partial charge in [-0.25, -0.2) is 4.79 Å². The van der Waals surface area contributed by atoms with Crippen LogP contribution in [0.2, 0.25) is 0 Å². The number of methoxy groups -OCH3 is 2. The van der Waals surface area contributed by atoms with Gasteiger partial charge in [0.1, 0.15) is 12.0 Å². The number of hydrogen-bond acceptors (Lipinski definition) is 8. The van der Waals surface area contributed by atoms with Crippen LogP contribution in [-0.4, -0.2) is 43.2 Å². The van der Waals surface area contributed by atoms with Gasteiger partial charge in [0.15, 0.2) is 17.3 Å². The predicted molar refractivity (Wildman–Crippen MR) is 123 cm³/mol. The summed E-state index contributed by atoms with van der Waals surface area (Å²) in [7, 11) is 2.70. The zero-order valence-corrected chi connectivity index (χ0v) is 20.0. The number of hydrogen-bond donors (Lipinski definition) is 2. The van der Waals surface area contributed by atoms with Crippen molar-refractivity contribution >= 4 is 17.7 Å². The molecular formula is C26H31NO7. The molecule has 2 N–H and O–H groups in total. The first-order valence-electron chi connectivity index (χ1n) is 11.7. The maximum atomic E-state index is 13.7.